The highest BCUT2D eigenvalue weighted by atomic mass is 35.5. The summed E-state index contributed by atoms with van der Waals surface area (Å²) in [6, 6.07) is 10.1. The Bertz CT molecular complexity index is 1120. The minimum absolute atomic E-state index is 0.129. The molecule has 6 nitrogen and oxygen atoms in total. The summed E-state index contributed by atoms with van der Waals surface area (Å²) >= 11 is 6.10. The number of nitrogens with one attached hydrogen (secondary N) is 2. The van der Waals surface area contributed by atoms with Crippen LogP contribution in [0.15, 0.2) is 52.0 Å². The molecule has 0 bridgehead atoms. The lowest BCUT2D eigenvalue weighted by Crippen LogP contribution is -2.26. The first-order valence-corrected chi connectivity index (χ1v) is 11.5. The lowest BCUT2D eigenvalue weighted by Gasteiger charge is -2.16. The van der Waals surface area contributed by atoms with Crippen molar-refractivity contribution in [3.8, 4) is 0 Å². The molecule has 8 heteroatoms. The van der Waals surface area contributed by atoms with E-state index in [0.29, 0.717) is 16.3 Å². The van der Waals surface area contributed by atoms with E-state index in [2.05, 4.69) is 14.9 Å². The molecule has 0 spiro atoms. The SMILES string of the molecule is Cc1ccc(S(=O)(=O)Nc2cc(NCCN3CCCC3)c3occc3c2)cc1Cl. The minimum atomic E-state index is -3.76. The molecule has 3 aromatic rings. The fourth-order valence-electron chi connectivity index (χ4n) is 3.58. The molecule has 1 saturated heterocycles. The number of aryl methyl sites for hydroxylation is 1. The largest absolute Gasteiger partial charge is 0.462 e. The van der Waals surface area contributed by atoms with Crippen LogP contribution < -0.4 is 10.0 Å². The van der Waals surface area contributed by atoms with Gasteiger partial charge in [0, 0.05) is 23.5 Å². The van der Waals surface area contributed by atoms with E-state index < -0.39 is 10.0 Å². The number of nitrogens with zero attached hydrogens (tertiary/aromatic N) is 1. The summed E-state index contributed by atoms with van der Waals surface area (Å²) < 4.78 is 33.9. The number of sulfonamides is 1. The number of halogens is 1. The number of anilines is 2. The van der Waals surface area contributed by atoms with Gasteiger partial charge >= 0.3 is 0 Å². The number of rotatable bonds is 7. The Morgan fingerprint density at radius 1 is 1.14 bits per heavy atom. The molecule has 2 aromatic carbocycles. The van der Waals surface area contributed by atoms with Gasteiger partial charge in [0.1, 0.15) is 0 Å². The summed E-state index contributed by atoms with van der Waals surface area (Å²) in [6.45, 7) is 5.81. The van der Waals surface area contributed by atoms with Crippen LogP contribution >= 0.6 is 11.6 Å². The monoisotopic (exact) mass is 433 g/mol. The maximum Gasteiger partial charge on any atom is 0.261 e. The number of furan rings is 1. The van der Waals surface area contributed by atoms with Gasteiger partial charge in [-0.3, -0.25) is 4.72 Å². The van der Waals surface area contributed by atoms with Crippen LogP contribution in [0.2, 0.25) is 5.02 Å². The predicted octanol–water partition coefficient (Wildman–Crippen LogP) is 4.70. The van der Waals surface area contributed by atoms with Crippen LogP contribution in [-0.2, 0) is 10.0 Å². The van der Waals surface area contributed by atoms with E-state index in [1.54, 1.807) is 30.5 Å². The second kappa shape index (κ2) is 8.26. The quantitative estimate of drug-likeness (QED) is 0.564. The Morgan fingerprint density at radius 3 is 2.69 bits per heavy atom. The molecule has 0 amide bonds. The molecule has 0 unspecified atom stereocenters. The topological polar surface area (TPSA) is 74.6 Å². The van der Waals surface area contributed by atoms with Crippen molar-refractivity contribution >= 4 is 44.0 Å². The maximum atomic E-state index is 12.8. The molecule has 154 valence electrons. The summed E-state index contributed by atoms with van der Waals surface area (Å²) in [4.78, 5) is 2.55. The third kappa shape index (κ3) is 4.52. The number of hydrogen-bond acceptors (Lipinski definition) is 5. The van der Waals surface area contributed by atoms with E-state index in [9.17, 15) is 8.42 Å². The van der Waals surface area contributed by atoms with Crippen LogP contribution in [0.3, 0.4) is 0 Å². The first-order chi connectivity index (χ1) is 13.9. The number of benzene rings is 2. The van der Waals surface area contributed by atoms with Gasteiger partial charge in [-0.25, -0.2) is 8.42 Å². The molecular formula is C21H24ClN3O3S. The van der Waals surface area contributed by atoms with Gasteiger partial charge in [0.25, 0.3) is 10.0 Å². The number of likely N-dealkylation sites (tertiary alicyclic amines) is 1. The van der Waals surface area contributed by atoms with E-state index >= 15 is 0 Å². The molecule has 0 aliphatic carbocycles. The summed E-state index contributed by atoms with van der Waals surface area (Å²) in [5, 5.41) is 4.64. The van der Waals surface area contributed by atoms with Crippen molar-refractivity contribution in [2.24, 2.45) is 0 Å². The molecule has 0 saturated carbocycles. The second-order valence-electron chi connectivity index (χ2n) is 7.35. The molecule has 1 aliphatic heterocycles. The molecule has 1 aliphatic rings. The minimum Gasteiger partial charge on any atom is -0.462 e. The van der Waals surface area contributed by atoms with Crippen molar-refractivity contribution < 1.29 is 12.8 Å². The Kier molecular flexibility index (Phi) is 5.72. The summed E-state index contributed by atoms with van der Waals surface area (Å²) in [6.07, 6.45) is 4.11. The third-order valence-electron chi connectivity index (χ3n) is 5.20. The van der Waals surface area contributed by atoms with Crippen molar-refractivity contribution in [2.45, 2.75) is 24.7 Å². The van der Waals surface area contributed by atoms with Gasteiger partial charge < -0.3 is 14.6 Å². The van der Waals surface area contributed by atoms with Crippen molar-refractivity contribution in [3.05, 3.63) is 53.2 Å². The summed E-state index contributed by atoms with van der Waals surface area (Å²) in [5.74, 6) is 0. The van der Waals surface area contributed by atoms with Gasteiger partial charge in [0.15, 0.2) is 5.58 Å². The molecule has 0 atom stereocenters. The molecule has 2 heterocycles. The molecule has 1 aromatic heterocycles. The van der Waals surface area contributed by atoms with Crippen molar-refractivity contribution in [3.63, 3.8) is 0 Å². The Hall–Kier alpha value is -2.22. The van der Waals surface area contributed by atoms with Crippen molar-refractivity contribution in [1.82, 2.24) is 4.90 Å². The fourth-order valence-corrected chi connectivity index (χ4v) is 4.89. The second-order valence-corrected chi connectivity index (χ2v) is 9.44. The third-order valence-corrected chi connectivity index (χ3v) is 6.99. The van der Waals surface area contributed by atoms with Crippen molar-refractivity contribution in [2.75, 3.05) is 36.2 Å². The summed E-state index contributed by atoms with van der Waals surface area (Å²) in [5.41, 5.74) is 2.79. The first kappa shape index (κ1) is 20.1. The number of hydrogen-bond donors (Lipinski definition) is 2. The zero-order chi connectivity index (χ0) is 20.4. The molecule has 4 rings (SSSR count). The molecule has 29 heavy (non-hydrogen) atoms. The highest BCUT2D eigenvalue weighted by Crippen LogP contribution is 2.31. The van der Waals surface area contributed by atoms with Crippen molar-refractivity contribution in [1.29, 1.82) is 0 Å². The maximum absolute atomic E-state index is 12.8. The zero-order valence-electron chi connectivity index (χ0n) is 16.2. The fraction of sp³-hybridized carbons (Fsp3) is 0.333. The van der Waals surface area contributed by atoms with E-state index in [-0.39, 0.29) is 4.90 Å². The normalized spacial score (nSPS) is 15.1. The highest BCUT2D eigenvalue weighted by Gasteiger charge is 2.17. The zero-order valence-corrected chi connectivity index (χ0v) is 17.8. The van der Waals surface area contributed by atoms with Gasteiger partial charge in [0.05, 0.1) is 22.5 Å². The van der Waals surface area contributed by atoms with Gasteiger partial charge in [-0.05, 0) is 68.8 Å². The standard InChI is InChI=1S/C21H24ClN3O3S/c1-15-4-5-18(14-19(15)22)29(26,27)24-17-12-16-6-11-28-21(16)20(13-17)23-7-10-25-8-2-3-9-25/h4-6,11-14,23-24H,2-3,7-10H2,1H3. The Morgan fingerprint density at radius 2 is 1.93 bits per heavy atom. The lowest BCUT2D eigenvalue weighted by atomic mass is 10.2. The molecular weight excluding hydrogens is 410 g/mol. The van der Waals surface area contributed by atoms with Crippen LogP contribution in [-0.4, -0.2) is 39.5 Å². The van der Waals surface area contributed by atoms with Gasteiger partial charge in [-0.15, -0.1) is 0 Å². The first-order valence-electron chi connectivity index (χ1n) is 9.69. The average molecular weight is 434 g/mol. The van der Waals surface area contributed by atoms with Crippen LogP contribution in [0, 0.1) is 6.92 Å². The van der Waals surface area contributed by atoms with Gasteiger partial charge in [-0.2, -0.15) is 0 Å². The Labute approximate surface area is 175 Å². The summed E-state index contributed by atoms with van der Waals surface area (Å²) in [7, 11) is -3.76. The number of fused-ring (bicyclic) bond motifs is 1. The average Bonchev–Trinajstić information content (AvgIpc) is 3.35. The van der Waals surface area contributed by atoms with E-state index in [1.165, 1.54) is 18.9 Å². The van der Waals surface area contributed by atoms with Crippen LogP contribution in [0.1, 0.15) is 18.4 Å². The van der Waals surface area contributed by atoms with Gasteiger partial charge in [0.2, 0.25) is 0 Å². The van der Waals surface area contributed by atoms with Crippen LogP contribution in [0.25, 0.3) is 11.0 Å². The smallest absolute Gasteiger partial charge is 0.261 e. The predicted molar refractivity (Wildman–Crippen MR) is 117 cm³/mol. The van der Waals surface area contributed by atoms with E-state index in [0.717, 1.165) is 42.8 Å². The van der Waals surface area contributed by atoms with Crippen LogP contribution in [0.4, 0.5) is 11.4 Å². The highest BCUT2D eigenvalue weighted by molar-refractivity contribution is 7.92. The Balaban J connectivity index is 1.56. The van der Waals surface area contributed by atoms with E-state index in [4.69, 9.17) is 16.0 Å². The molecule has 2 N–H and O–H groups in total. The lowest BCUT2D eigenvalue weighted by molar-refractivity contribution is 0.352. The van der Waals surface area contributed by atoms with Crippen LogP contribution in [0.5, 0.6) is 0 Å². The molecule has 0 radical (unpaired) electrons. The van der Waals surface area contributed by atoms with Gasteiger partial charge in [-0.1, -0.05) is 17.7 Å². The van der Waals surface area contributed by atoms with E-state index in [1.807, 2.05) is 13.0 Å². The molecule has 1 fully saturated rings.